The van der Waals surface area contributed by atoms with Crippen LogP contribution in [0.4, 0.5) is 5.82 Å². The lowest BCUT2D eigenvalue weighted by molar-refractivity contribution is -0.121. The van der Waals surface area contributed by atoms with Crippen molar-refractivity contribution in [3.8, 4) is 0 Å². The molecule has 7 heteroatoms. The van der Waals surface area contributed by atoms with Gasteiger partial charge in [-0.2, -0.15) is 5.10 Å². The van der Waals surface area contributed by atoms with Gasteiger partial charge in [-0.05, 0) is 6.92 Å². The van der Waals surface area contributed by atoms with Crippen LogP contribution in [0.5, 0.6) is 0 Å². The maximum atomic E-state index is 11.7. The standard InChI is InChI=1S/C14H25N5O2/c1-9(2)16-7-11-10(3)17-18(4)14(11)19-5-6-21-8-12(19)13(15)20/h9,12,16H,5-8H2,1-4H3,(H2,15,20). The van der Waals surface area contributed by atoms with Crippen LogP contribution in [0.1, 0.15) is 25.1 Å². The average Bonchev–Trinajstić information content (AvgIpc) is 2.70. The molecule has 1 unspecified atom stereocenters. The second-order valence-corrected chi connectivity index (χ2v) is 5.73. The van der Waals surface area contributed by atoms with Gasteiger partial charge in [-0.25, -0.2) is 0 Å². The van der Waals surface area contributed by atoms with Gasteiger partial charge >= 0.3 is 0 Å². The molecular weight excluding hydrogens is 270 g/mol. The zero-order valence-electron chi connectivity index (χ0n) is 13.2. The molecule has 7 nitrogen and oxygen atoms in total. The normalized spacial score (nSPS) is 19.3. The third kappa shape index (κ3) is 3.36. The summed E-state index contributed by atoms with van der Waals surface area (Å²) in [6.45, 7) is 8.47. The molecule has 1 aromatic rings. The molecule has 3 N–H and O–H groups in total. The predicted molar refractivity (Wildman–Crippen MR) is 81.1 cm³/mol. The van der Waals surface area contributed by atoms with Crippen molar-refractivity contribution in [3.05, 3.63) is 11.3 Å². The molecule has 21 heavy (non-hydrogen) atoms. The van der Waals surface area contributed by atoms with E-state index in [0.717, 1.165) is 23.6 Å². The van der Waals surface area contributed by atoms with Gasteiger partial charge in [0.05, 0.1) is 18.9 Å². The lowest BCUT2D eigenvalue weighted by atomic mass is 10.1. The Morgan fingerprint density at radius 3 is 2.90 bits per heavy atom. The van der Waals surface area contributed by atoms with Gasteiger partial charge in [0.1, 0.15) is 11.9 Å². The zero-order valence-corrected chi connectivity index (χ0v) is 13.2. The molecule has 0 aromatic carbocycles. The molecule has 1 amide bonds. The molecule has 1 saturated heterocycles. The number of nitrogens with two attached hydrogens (primary N) is 1. The summed E-state index contributed by atoms with van der Waals surface area (Å²) in [5.74, 6) is 0.587. The number of carbonyl (C=O) groups excluding carboxylic acids is 1. The lowest BCUT2D eigenvalue weighted by Crippen LogP contribution is -2.53. The van der Waals surface area contributed by atoms with Crippen LogP contribution in [-0.2, 0) is 23.1 Å². The first kappa shape index (κ1) is 15.8. The van der Waals surface area contributed by atoms with Gasteiger partial charge in [-0.1, -0.05) is 13.8 Å². The maximum Gasteiger partial charge on any atom is 0.242 e. The third-order valence-electron chi connectivity index (χ3n) is 3.73. The average molecular weight is 295 g/mol. The number of anilines is 1. The molecule has 0 aliphatic carbocycles. The number of hydrogen-bond acceptors (Lipinski definition) is 5. The van der Waals surface area contributed by atoms with Crippen LogP contribution in [0, 0.1) is 6.92 Å². The van der Waals surface area contributed by atoms with Gasteiger partial charge in [0.25, 0.3) is 0 Å². The molecule has 1 aliphatic rings. The highest BCUT2D eigenvalue weighted by atomic mass is 16.5. The zero-order chi connectivity index (χ0) is 15.6. The molecule has 0 bridgehead atoms. The van der Waals surface area contributed by atoms with Crippen LogP contribution in [0.3, 0.4) is 0 Å². The summed E-state index contributed by atoms with van der Waals surface area (Å²) in [6.07, 6.45) is 0. The van der Waals surface area contributed by atoms with Gasteiger partial charge in [-0.3, -0.25) is 9.48 Å². The molecule has 1 aliphatic heterocycles. The topological polar surface area (TPSA) is 85.4 Å². The summed E-state index contributed by atoms with van der Waals surface area (Å²) >= 11 is 0. The fraction of sp³-hybridized carbons (Fsp3) is 0.714. The first-order valence-corrected chi connectivity index (χ1v) is 7.31. The number of nitrogens with zero attached hydrogens (tertiary/aromatic N) is 3. The van der Waals surface area contributed by atoms with E-state index < -0.39 is 6.04 Å². The molecular formula is C14H25N5O2. The van der Waals surface area contributed by atoms with Crippen molar-refractivity contribution in [1.82, 2.24) is 15.1 Å². The van der Waals surface area contributed by atoms with Crippen LogP contribution >= 0.6 is 0 Å². The number of morpholine rings is 1. The number of amides is 1. The minimum atomic E-state index is -0.439. The lowest BCUT2D eigenvalue weighted by Gasteiger charge is -2.35. The van der Waals surface area contributed by atoms with E-state index in [1.165, 1.54) is 0 Å². The first-order chi connectivity index (χ1) is 9.91. The predicted octanol–water partition coefficient (Wildman–Crippen LogP) is -0.0830. The number of nitrogens with one attached hydrogen (secondary N) is 1. The van der Waals surface area contributed by atoms with E-state index in [9.17, 15) is 4.79 Å². The molecule has 0 saturated carbocycles. The number of rotatable bonds is 5. The molecule has 118 valence electrons. The Kier molecular flexibility index (Phi) is 4.84. The Morgan fingerprint density at radius 2 is 2.29 bits per heavy atom. The molecule has 1 atom stereocenters. The maximum absolute atomic E-state index is 11.7. The monoisotopic (exact) mass is 295 g/mol. The van der Waals surface area contributed by atoms with E-state index in [-0.39, 0.29) is 5.91 Å². The number of primary amides is 1. The van der Waals surface area contributed by atoms with E-state index in [4.69, 9.17) is 10.5 Å². The van der Waals surface area contributed by atoms with E-state index >= 15 is 0 Å². The highest BCUT2D eigenvalue weighted by Crippen LogP contribution is 2.26. The van der Waals surface area contributed by atoms with Crippen LogP contribution in [0.2, 0.25) is 0 Å². The van der Waals surface area contributed by atoms with E-state index in [2.05, 4.69) is 24.3 Å². The fourth-order valence-corrected chi connectivity index (χ4v) is 2.66. The van der Waals surface area contributed by atoms with Gasteiger partial charge in [0, 0.05) is 31.7 Å². The Hall–Kier alpha value is -1.60. The SMILES string of the molecule is Cc1nn(C)c(N2CCOCC2C(N)=O)c1CNC(C)C. The van der Waals surface area contributed by atoms with Crippen molar-refractivity contribution in [2.24, 2.45) is 12.8 Å². The van der Waals surface area contributed by atoms with Crippen LogP contribution < -0.4 is 16.0 Å². The van der Waals surface area contributed by atoms with Gasteiger partial charge < -0.3 is 20.7 Å². The van der Waals surface area contributed by atoms with Crippen LogP contribution in [-0.4, -0.2) is 47.5 Å². The minimum absolute atomic E-state index is 0.330. The number of aromatic nitrogens is 2. The molecule has 1 aromatic heterocycles. The van der Waals surface area contributed by atoms with Crippen molar-refractivity contribution >= 4 is 11.7 Å². The smallest absolute Gasteiger partial charge is 0.242 e. The Balaban J connectivity index is 2.34. The second kappa shape index (κ2) is 6.44. The highest BCUT2D eigenvalue weighted by Gasteiger charge is 2.32. The van der Waals surface area contributed by atoms with Crippen molar-refractivity contribution in [3.63, 3.8) is 0 Å². The van der Waals surface area contributed by atoms with Gasteiger partial charge in [0.15, 0.2) is 0 Å². The summed E-state index contributed by atoms with van der Waals surface area (Å²) in [4.78, 5) is 13.7. The summed E-state index contributed by atoms with van der Waals surface area (Å²) in [6, 6.07) is -0.0552. The van der Waals surface area contributed by atoms with E-state index in [0.29, 0.717) is 25.8 Å². The molecule has 0 radical (unpaired) electrons. The molecule has 1 fully saturated rings. The number of ether oxygens (including phenoxy) is 1. The summed E-state index contributed by atoms with van der Waals surface area (Å²) in [5.41, 5.74) is 7.60. The van der Waals surface area contributed by atoms with Crippen molar-refractivity contribution in [2.75, 3.05) is 24.7 Å². The summed E-state index contributed by atoms with van der Waals surface area (Å²) in [7, 11) is 1.90. The van der Waals surface area contributed by atoms with Crippen LogP contribution in [0.15, 0.2) is 0 Å². The third-order valence-corrected chi connectivity index (χ3v) is 3.73. The highest BCUT2D eigenvalue weighted by molar-refractivity contribution is 5.84. The van der Waals surface area contributed by atoms with E-state index in [1.54, 1.807) is 0 Å². The number of carbonyl (C=O) groups is 1. The Morgan fingerprint density at radius 1 is 1.57 bits per heavy atom. The largest absolute Gasteiger partial charge is 0.377 e. The molecule has 2 rings (SSSR count). The number of aryl methyl sites for hydroxylation is 2. The van der Waals surface area contributed by atoms with Crippen molar-refractivity contribution < 1.29 is 9.53 Å². The second-order valence-electron chi connectivity index (χ2n) is 5.73. The van der Waals surface area contributed by atoms with Crippen molar-refractivity contribution in [2.45, 2.75) is 39.4 Å². The molecule has 2 heterocycles. The number of hydrogen-bond donors (Lipinski definition) is 2. The van der Waals surface area contributed by atoms with E-state index in [1.807, 2.05) is 23.6 Å². The summed E-state index contributed by atoms with van der Waals surface area (Å²) in [5, 5.41) is 7.91. The van der Waals surface area contributed by atoms with Crippen LogP contribution in [0.25, 0.3) is 0 Å². The van der Waals surface area contributed by atoms with Gasteiger partial charge in [-0.15, -0.1) is 0 Å². The van der Waals surface area contributed by atoms with Gasteiger partial charge in [0.2, 0.25) is 5.91 Å². The Bertz CT molecular complexity index is 512. The summed E-state index contributed by atoms with van der Waals surface area (Å²) < 4.78 is 7.22. The molecule has 0 spiro atoms. The first-order valence-electron chi connectivity index (χ1n) is 7.31. The Labute approximate surface area is 125 Å². The van der Waals surface area contributed by atoms with Crippen molar-refractivity contribution in [1.29, 1.82) is 0 Å². The minimum Gasteiger partial charge on any atom is -0.377 e. The fourth-order valence-electron chi connectivity index (χ4n) is 2.66. The quantitative estimate of drug-likeness (QED) is 0.793.